The fourth-order valence-corrected chi connectivity index (χ4v) is 1.50. The van der Waals surface area contributed by atoms with Crippen LogP contribution in [0.2, 0.25) is 0 Å². The second-order valence-electron chi connectivity index (χ2n) is 4.31. The van der Waals surface area contributed by atoms with Crippen LogP contribution in [0.3, 0.4) is 0 Å². The second kappa shape index (κ2) is 6.26. The number of aliphatic hydroxyl groups is 1. The van der Waals surface area contributed by atoms with Crippen LogP contribution in [0.4, 0.5) is 5.69 Å². The summed E-state index contributed by atoms with van der Waals surface area (Å²) < 4.78 is 5.08. The molecular formula is C13H19NO4. The van der Waals surface area contributed by atoms with E-state index in [1.807, 2.05) is 13.8 Å². The largest absolute Gasteiger partial charge is 0.497 e. The summed E-state index contributed by atoms with van der Waals surface area (Å²) in [7, 11) is 1.53. The van der Waals surface area contributed by atoms with Crippen molar-refractivity contribution in [3.05, 3.63) is 23.8 Å². The van der Waals surface area contributed by atoms with Crippen molar-refractivity contribution in [1.29, 1.82) is 0 Å². The van der Waals surface area contributed by atoms with Crippen LogP contribution in [0.1, 0.15) is 24.2 Å². The molecule has 5 heteroatoms. The third kappa shape index (κ3) is 3.37. The standard InChI is InChI=1S/C13H19NO4/c1-8(7-15)9(2)14-12-6-10(18-3)4-5-11(12)13(16)17/h4-6,8-9,14-15H,7H2,1-3H3,(H,16,17). The third-order valence-electron chi connectivity index (χ3n) is 2.98. The molecule has 0 aliphatic heterocycles. The van der Waals surface area contributed by atoms with Crippen LogP contribution >= 0.6 is 0 Å². The second-order valence-corrected chi connectivity index (χ2v) is 4.31. The summed E-state index contributed by atoms with van der Waals surface area (Å²) in [6.07, 6.45) is 0. The molecule has 3 N–H and O–H groups in total. The van der Waals surface area contributed by atoms with Crippen LogP contribution in [0.25, 0.3) is 0 Å². The van der Waals surface area contributed by atoms with Gasteiger partial charge in [0.25, 0.3) is 0 Å². The lowest BCUT2D eigenvalue weighted by atomic mass is 10.0. The van der Waals surface area contributed by atoms with Gasteiger partial charge in [-0.3, -0.25) is 0 Å². The number of hydrogen-bond donors (Lipinski definition) is 3. The molecule has 0 aliphatic carbocycles. The van der Waals surface area contributed by atoms with E-state index in [9.17, 15) is 4.79 Å². The molecule has 0 saturated carbocycles. The zero-order chi connectivity index (χ0) is 13.7. The molecule has 0 radical (unpaired) electrons. The van der Waals surface area contributed by atoms with Gasteiger partial charge in [0.15, 0.2) is 0 Å². The van der Waals surface area contributed by atoms with Gasteiger partial charge in [0, 0.05) is 18.7 Å². The van der Waals surface area contributed by atoms with E-state index in [1.165, 1.54) is 13.2 Å². The lowest BCUT2D eigenvalue weighted by molar-refractivity contribution is 0.0698. The summed E-state index contributed by atoms with van der Waals surface area (Å²) in [5.41, 5.74) is 0.683. The summed E-state index contributed by atoms with van der Waals surface area (Å²) in [4.78, 5) is 11.1. The normalized spacial score (nSPS) is 13.8. The summed E-state index contributed by atoms with van der Waals surface area (Å²) in [6, 6.07) is 4.71. The first-order valence-corrected chi connectivity index (χ1v) is 5.78. The topological polar surface area (TPSA) is 78.8 Å². The van der Waals surface area contributed by atoms with Crippen LogP contribution in [-0.2, 0) is 0 Å². The summed E-state index contributed by atoms with van der Waals surface area (Å²) >= 11 is 0. The fourth-order valence-electron chi connectivity index (χ4n) is 1.50. The third-order valence-corrected chi connectivity index (χ3v) is 2.98. The van der Waals surface area contributed by atoms with E-state index in [0.717, 1.165) is 0 Å². The molecule has 0 saturated heterocycles. The van der Waals surface area contributed by atoms with Crippen molar-refractivity contribution in [2.45, 2.75) is 19.9 Å². The van der Waals surface area contributed by atoms with Crippen LogP contribution in [0.15, 0.2) is 18.2 Å². The van der Waals surface area contributed by atoms with E-state index >= 15 is 0 Å². The number of carbonyl (C=O) groups is 1. The highest BCUT2D eigenvalue weighted by Gasteiger charge is 2.16. The molecule has 2 atom stereocenters. The number of benzene rings is 1. The lowest BCUT2D eigenvalue weighted by Crippen LogP contribution is -2.27. The Morgan fingerprint density at radius 2 is 2.11 bits per heavy atom. The minimum absolute atomic E-state index is 0.0258. The first kappa shape index (κ1) is 14.3. The van der Waals surface area contributed by atoms with Crippen molar-refractivity contribution in [1.82, 2.24) is 0 Å². The Kier molecular flexibility index (Phi) is 4.97. The van der Waals surface area contributed by atoms with Gasteiger partial charge in [-0.25, -0.2) is 4.79 Å². The smallest absolute Gasteiger partial charge is 0.337 e. The first-order valence-electron chi connectivity index (χ1n) is 5.78. The number of rotatable bonds is 6. The Morgan fingerprint density at radius 1 is 1.44 bits per heavy atom. The zero-order valence-corrected chi connectivity index (χ0v) is 10.8. The molecule has 5 nitrogen and oxygen atoms in total. The number of anilines is 1. The van der Waals surface area contributed by atoms with Gasteiger partial charge in [0.2, 0.25) is 0 Å². The maximum atomic E-state index is 11.1. The van der Waals surface area contributed by atoms with Gasteiger partial charge in [-0.05, 0) is 25.0 Å². The Hall–Kier alpha value is -1.75. The summed E-state index contributed by atoms with van der Waals surface area (Å²) in [5, 5.41) is 21.3. The predicted octanol–water partition coefficient (Wildman–Crippen LogP) is 1.82. The number of carboxylic acid groups (broad SMARTS) is 1. The molecule has 0 bridgehead atoms. The van der Waals surface area contributed by atoms with Crippen molar-refractivity contribution in [2.75, 3.05) is 19.0 Å². The van der Waals surface area contributed by atoms with E-state index in [4.69, 9.17) is 14.9 Å². The van der Waals surface area contributed by atoms with Crippen LogP contribution in [0, 0.1) is 5.92 Å². The van der Waals surface area contributed by atoms with Crippen LogP contribution < -0.4 is 10.1 Å². The van der Waals surface area contributed by atoms with Crippen molar-refractivity contribution in [2.24, 2.45) is 5.92 Å². The highest BCUT2D eigenvalue weighted by molar-refractivity contribution is 5.94. The molecule has 1 rings (SSSR count). The van der Waals surface area contributed by atoms with E-state index in [2.05, 4.69) is 5.32 Å². The molecular weight excluding hydrogens is 234 g/mol. The van der Waals surface area contributed by atoms with E-state index in [-0.39, 0.29) is 24.1 Å². The van der Waals surface area contributed by atoms with Crippen molar-refractivity contribution in [3.8, 4) is 5.75 Å². The molecule has 2 unspecified atom stereocenters. The Bertz CT molecular complexity index is 419. The molecule has 1 aromatic carbocycles. The minimum atomic E-state index is -0.996. The average molecular weight is 253 g/mol. The molecule has 1 aromatic rings. The maximum Gasteiger partial charge on any atom is 0.337 e. The average Bonchev–Trinajstić information content (AvgIpc) is 2.37. The highest BCUT2D eigenvalue weighted by Crippen LogP contribution is 2.24. The lowest BCUT2D eigenvalue weighted by Gasteiger charge is -2.22. The fraction of sp³-hybridized carbons (Fsp3) is 0.462. The van der Waals surface area contributed by atoms with Gasteiger partial charge in [-0.2, -0.15) is 0 Å². The number of ether oxygens (including phenoxy) is 1. The molecule has 0 aliphatic rings. The zero-order valence-electron chi connectivity index (χ0n) is 10.8. The number of methoxy groups -OCH3 is 1. The maximum absolute atomic E-state index is 11.1. The number of nitrogens with one attached hydrogen (secondary N) is 1. The first-order chi connectivity index (χ1) is 8.49. The summed E-state index contributed by atoms with van der Waals surface area (Å²) in [6.45, 7) is 3.82. The molecule has 100 valence electrons. The molecule has 18 heavy (non-hydrogen) atoms. The van der Waals surface area contributed by atoms with E-state index < -0.39 is 5.97 Å². The van der Waals surface area contributed by atoms with Gasteiger partial charge in [0.1, 0.15) is 5.75 Å². The Balaban J connectivity index is 3.00. The molecule has 0 heterocycles. The predicted molar refractivity (Wildman–Crippen MR) is 69.3 cm³/mol. The minimum Gasteiger partial charge on any atom is -0.497 e. The van der Waals surface area contributed by atoms with Gasteiger partial charge in [-0.1, -0.05) is 6.92 Å². The number of carboxylic acids is 1. The molecule has 0 spiro atoms. The monoisotopic (exact) mass is 253 g/mol. The molecule has 0 fully saturated rings. The van der Waals surface area contributed by atoms with E-state index in [1.54, 1.807) is 12.1 Å². The van der Waals surface area contributed by atoms with E-state index in [0.29, 0.717) is 11.4 Å². The Labute approximate surface area is 106 Å². The molecule has 0 aromatic heterocycles. The van der Waals surface area contributed by atoms with Crippen molar-refractivity contribution >= 4 is 11.7 Å². The van der Waals surface area contributed by atoms with Crippen LogP contribution in [-0.4, -0.2) is 35.9 Å². The number of aliphatic hydroxyl groups excluding tert-OH is 1. The van der Waals surface area contributed by atoms with Gasteiger partial charge >= 0.3 is 5.97 Å². The highest BCUT2D eigenvalue weighted by atomic mass is 16.5. The summed E-state index contributed by atoms with van der Waals surface area (Å²) in [5.74, 6) is -0.381. The SMILES string of the molecule is COc1ccc(C(=O)O)c(NC(C)C(C)CO)c1. The van der Waals surface area contributed by atoms with Crippen LogP contribution in [0.5, 0.6) is 5.75 Å². The van der Waals surface area contributed by atoms with Crippen molar-refractivity contribution in [3.63, 3.8) is 0 Å². The number of aromatic carboxylic acids is 1. The number of hydrogen-bond acceptors (Lipinski definition) is 4. The van der Waals surface area contributed by atoms with Gasteiger partial charge < -0.3 is 20.3 Å². The van der Waals surface area contributed by atoms with Crippen molar-refractivity contribution < 1.29 is 19.7 Å². The quantitative estimate of drug-likeness (QED) is 0.720. The Morgan fingerprint density at radius 3 is 2.61 bits per heavy atom. The van der Waals surface area contributed by atoms with Gasteiger partial charge in [0.05, 0.1) is 18.4 Å². The van der Waals surface area contributed by atoms with Gasteiger partial charge in [-0.15, -0.1) is 0 Å². The molecule has 0 amide bonds.